The summed E-state index contributed by atoms with van der Waals surface area (Å²) in [5.41, 5.74) is 1.26. The summed E-state index contributed by atoms with van der Waals surface area (Å²) >= 11 is 6.70. The lowest BCUT2D eigenvalue weighted by atomic mass is 9.98. The molecule has 0 N–H and O–H groups in total. The van der Waals surface area contributed by atoms with Crippen LogP contribution in [0, 0.1) is 24.2 Å². The molecule has 6 nitrogen and oxygen atoms in total. The molecule has 0 aliphatic carbocycles. The topological polar surface area (TPSA) is 69.3 Å². The van der Waals surface area contributed by atoms with Crippen molar-refractivity contribution >= 4 is 46.1 Å². The van der Waals surface area contributed by atoms with Gasteiger partial charge in [-0.05, 0) is 58.1 Å². The monoisotopic (exact) mass is 444 g/mol. The Bertz CT molecular complexity index is 1020. The average molecular weight is 445 g/mol. The number of carbonyl (C=O) groups is 1. The van der Waals surface area contributed by atoms with Crippen LogP contribution in [0.3, 0.4) is 0 Å². The number of carbonyl (C=O) groups excluding carboxylic acids is 1. The molecule has 1 aromatic rings. The molecule has 0 spiro atoms. The van der Waals surface area contributed by atoms with Crippen molar-refractivity contribution in [3.05, 3.63) is 31.9 Å². The van der Waals surface area contributed by atoms with Crippen LogP contribution >= 0.6 is 24.0 Å². The van der Waals surface area contributed by atoms with Gasteiger partial charge in [0.2, 0.25) is 0 Å². The molecule has 0 bridgehead atoms. The molecular weight excluding hydrogens is 416 g/mol. The molecule has 160 valence electrons. The van der Waals surface area contributed by atoms with E-state index in [1.807, 2.05) is 26.8 Å². The number of thiocarbonyl (C=S) groups is 1. The minimum Gasteiger partial charge on any atom is -0.357 e. The summed E-state index contributed by atoms with van der Waals surface area (Å²) in [7, 11) is 0. The van der Waals surface area contributed by atoms with Crippen molar-refractivity contribution in [1.82, 2.24) is 9.47 Å². The molecule has 3 heterocycles. The van der Waals surface area contributed by atoms with Crippen LogP contribution in [0.1, 0.15) is 57.2 Å². The van der Waals surface area contributed by atoms with Crippen molar-refractivity contribution in [3.63, 3.8) is 0 Å². The zero-order chi connectivity index (χ0) is 22.2. The standard InChI is InChI=1S/C22H28N4O2S2/c1-6-25-19(24-9-7-8-14(4)12-24)16(15(5)17(11-23)20(25)27)10-18-21(28)26(13(2)3)22(29)30-18/h10,13-14H,6-9,12H2,1-5H3/b18-10+. The first kappa shape index (κ1) is 22.6. The molecule has 8 heteroatoms. The van der Waals surface area contributed by atoms with E-state index in [9.17, 15) is 14.9 Å². The molecule has 0 saturated carbocycles. The lowest BCUT2D eigenvalue weighted by Crippen LogP contribution is -2.40. The number of rotatable bonds is 4. The summed E-state index contributed by atoms with van der Waals surface area (Å²) in [6.45, 7) is 11.9. The maximum Gasteiger partial charge on any atom is 0.270 e. The molecule has 0 radical (unpaired) electrons. The van der Waals surface area contributed by atoms with Crippen molar-refractivity contribution in [1.29, 1.82) is 5.26 Å². The van der Waals surface area contributed by atoms with Crippen LogP contribution in [-0.2, 0) is 11.3 Å². The third-order valence-electron chi connectivity index (χ3n) is 5.73. The Kier molecular flexibility index (Phi) is 6.73. The summed E-state index contributed by atoms with van der Waals surface area (Å²) in [6, 6.07) is 2.06. The van der Waals surface area contributed by atoms with Gasteiger partial charge in [0.05, 0.1) is 4.91 Å². The van der Waals surface area contributed by atoms with Gasteiger partial charge in [-0.2, -0.15) is 5.26 Å². The number of thioether (sulfide) groups is 1. The fourth-order valence-corrected chi connectivity index (χ4v) is 5.72. The molecule has 1 unspecified atom stereocenters. The van der Waals surface area contributed by atoms with Gasteiger partial charge in [0, 0.05) is 31.2 Å². The smallest absolute Gasteiger partial charge is 0.270 e. The van der Waals surface area contributed by atoms with Crippen LogP contribution in [0.4, 0.5) is 5.82 Å². The van der Waals surface area contributed by atoms with E-state index < -0.39 is 0 Å². The Balaban J connectivity index is 2.25. The van der Waals surface area contributed by atoms with Gasteiger partial charge in [-0.25, -0.2) is 0 Å². The number of nitriles is 1. The van der Waals surface area contributed by atoms with Crippen LogP contribution in [0.25, 0.3) is 6.08 Å². The normalized spacial score (nSPS) is 21.1. The highest BCUT2D eigenvalue weighted by atomic mass is 32.2. The molecule has 1 aromatic heterocycles. The minimum atomic E-state index is -0.266. The predicted molar refractivity (Wildman–Crippen MR) is 127 cm³/mol. The lowest BCUT2D eigenvalue weighted by molar-refractivity contribution is -0.123. The SMILES string of the molecule is CCn1c(N2CCCC(C)C2)c(/C=C2/SC(=S)N(C(C)C)C2=O)c(C)c(C#N)c1=O. The van der Waals surface area contributed by atoms with E-state index in [1.165, 1.54) is 11.8 Å². The summed E-state index contributed by atoms with van der Waals surface area (Å²) in [5.74, 6) is 1.20. The molecule has 30 heavy (non-hydrogen) atoms. The summed E-state index contributed by atoms with van der Waals surface area (Å²) in [5, 5.41) is 9.66. The number of pyridine rings is 1. The van der Waals surface area contributed by atoms with Gasteiger partial charge in [-0.1, -0.05) is 30.9 Å². The van der Waals surface area contributed by atoms with Crippen LogP contribution in [0.2, 0.25) is 0 Å². The number of anilines is 1. The maximum atomic E-state index is 13.0. The zero-order valence-electron chi connectivity index (χ0n) is 18.2. The molecule has 2 saturated heterocycles. The fourth-order valence-electron chi connectivity index (χ4n) is 4.22. The molecule has 2 aliphatic rings. The third-order valence-corrected chi connectivity index (χ3v) is 7.06. The Morgan fingerprint density at radius 3 is 2.60 bits per heavy atom. The number of aromatic nitrogens is 1. The summed E-state index contributed by atoms with van der Waals surface area (Å²) in [6.07, 6.45) is 4.04. The third kappa shape index (κ3) is 3.93. The van der Waals surface area contributed by atoms with Gasteiger partial charge in [0.15, 0.2) is 0 Å². The van der Waals surface area contributed by atoms with Crippen molar-refractivity contribution < 1.29 is 4.79 Å². The Morgan fingerprint density at radius 1 is 1.37 bits per heavy atom. The van der Waals surface area contributed by atoms with Gasteiger partial charge in [-0.3, -0.25) is 19.1 Å². The Labute approximate surface area is 187 Å². The highest BCUT2D eigenvalue weighted by molar-refractivity contribution is 8.26. The summed E-state index contributed by atoms with van der Waals surface area (Å²) in [4.78, 5) is 30.4. The van der Waals surface area contributed by atoms with E-state index in [4.69, 9.17) is 12.2 Å². The van der Waals surface area contributed by atoms with E-state index in [1.54, 1.807) is 16.4 Å². The second-order valence-electron chi connectivity index (χ2n) is 8.24. The second-order valence-corrected chi connectivity index (χ2v) is 9.91. The van der Waals surface area contributed by atoms with E-state index in [-0.39, 0.29) is 23.1 Å². The zero-order valence-corrected chi connectivity index (χ0v) is 19.8. The Hall–Kier alpha value is -2.11. The van der Waals surface area contributed by atoms with E-state index in [0.29, 0.717) is 27.3 Å². The van der Waals surface area contributed by atoms with Gasteiger partial charge < -0.3 is 4.90 Å². The molecule has 3 rings (SSSR count). The highest BCUT2D eigenvalue weighted by Gasteiger charge is 2.35. The van der Waals surface area contributed by atoms with E-state index in [2.05, 4.69) is 17.9 Å². The number of hydrogen-bond acceptors (Lipinski definition) is 6. The maximum absolute atomic E-state index is 13.0. The first-order valence-electron chi connectivity index (χ1n) is 10.4. The number of hydrogen-bond donors (Lipinski definition) is 0. The number of piperidine rings is 1. The van der Waals surface area contributed by atoms with Gasteiger partial charge in [0.25, 0.3) is 11.5 Å². The molecule has 0 aromatic carbocycles. The molecule has 2 fully saturated rings. The number of amides is 1. The van der Waals surface area contributed by atoms with Crippen LogP contribution in [-0.4, -0.2) is 38.8 Å². The predicted octanol–water partition coefficient (Wildman–Crippen LogP) is 3.89. The highest BCUT2D eigenvalue weighted by Crippen LogP contribution is 2.37. The molecular formula is C22H28N4O2S2. The van der Waals surface area contributed by atoms with Gasteiger partial charge >= 0.3 is 0 Å². The van der Waals surface area contributed by atoms with Crippen molar-refractivity contribution in [2.24, 2.45) is 5.92 Å². The van der Waals surface area contributed by atoms with Crippen LogP contribution < -0.4 is 10.5 Å². The van der Waals surface area contributed by atoms with Crippen molar-refractivity contribution in [2.45, 2.75) is 60.0 Å². The van der Waals surface area contributed by atoms with Gasteiger partial charge in [-0.15, -0.1) is 0 Å². The van der Waals surface area contributed by atoms with E-state index in [0.717, 1.165) is 37.3 Å². The number of nitrogens with zero attached hydrogens (tertiary/aromatic N) is 4. The minimum absolute atomic E-state index is 0.0221. The van der Waals surface area contributed by atoms with E-state index >= 15 is 0 Å². The molecule has 1 atom stereocenters. The largest absolute Gasteiger partial charge is 0.357 e. The first-order chi connectivity index (χ1) is 14.2. The quantitative estimate of drug-likeness (QED) is 0.518. The van der Waals surface area contributed by atoms with Crippen molar-refractivity contribution in [3.8, 4) is 6.07 Å². The molecule has 2 aliphatic heterocycles. The van der Waals surface area contributed by atoms with Crippen molar-refractivity contribution in [2.75, 3.05) is 18.0 Å². The lowest BCUT2D eigenvalue weighted by Gasteiger charge is -2.35. The second kappa shape index (κ2) is 8.94. The fraction of sp³-hybridized carbons (Fsp3) is 0.545. The summed E-state index contributed by atoms with van der Waals surface area (Å²) < 4.78 is 2.22. The van der Waals surface area contributed by atoms with Crippen LogP contribution in [0.5, 0.6) is 0 Å². The molecule has 1 amide bonds. The van der Waals surface area contributed by atoms with Gasteiger partial charge in [0.1, 0.15) is 21.8 Å². The first-order valence-corrected chi connectivity index (χ1v) is 11.6. The van der Waals surface area contributed by atoms with Crippen LogP contribution in [0.15, 0.2) is 9.70 Å². The average Bonchev–Trinajstić information content (AvgIpc) is 2.97. The Morgan fingerprint density at radius 2 is 2.07 bits per heavy atom.